The summed E-state index contributed by atoms with van der Waals surface area (Å²) in [5.41, 5.74) is 0.669. The highest BCUT2D eigenvalue weighted by atomic mass is 79.9. The van der Waals surface area contributed by atoms with Crippen LogP contribution in [0.15, 0.2) is 51.8 Å². The van der Waals surface area contributed by atoms with Crippen LogP contribution in [0.1, 0.15) is 11.1 Å². The number of halogens is 1. The van der Waals surface area contributed by atoms with E-state index in [0.717, 1.165) is 17.3 Å². The number of phenols is 1. The maximum Gasteiger partial charge on any atom is 0.312 e. The molecule has 1 amide bonds. The van der Waals surface area contributed by atoms with Gasteiger partial charge in [0.1, 0.15) is 4.32 Å². The number of phenolic OH excluding ortho intramolecular Hbond substituents is 1. The number of thioether (sulfide) groups is 1. The third-order valence-electron chi connectivity index (χ3n) is 3.62. The van der Waals surface area contributed by atoms with Gasteiger partial charge in [-0.05, 0) is 17.7 Å². The maximum absolute atomic E-state index is 12.7. The Hall–Kier alpha value is -2.23. The van der Waals surface area contributed by atoms with Crippen LogP contribution in [-0.2, 0) is 11.3 Å². The van der Waals surface area contributed by atoms with Gasteiger partial charge in [-0.2, -0.15) is 0 Å². The highest BCUT2D eigenvalue weighted by Gasteiger charge is 2.32. The summed E-state index contributed by atoms with van der Waals surface area (Å²) in [7, 11) is 0. The minimum Gasteiger partial charge on any atom is -0.502 e. The van der Waals surface area contributed by atoms with Gasteiger partial charge in [0.25, 0.3) is 5.91 Å². The zero-order valence-corrected chi connectivity index (χ0v) is 16.3. The van der Waals surface area contributed by atoms with Crippen molar-refractivity contribution in [2.24, 2.45) is 0 Å². The molecule has 0 spiro atoms. The Balaban J connectivity index is 1.92. The highest BCUT2D eigenvalue weighted by Crippen LogP contribution is 2.38. The number of benzene rings is 2. The summed E-state index contributed by atoms with van der Waals surface area (Å²) in [6, 6.07) is 12.1. The van der Waals surface area contributed by atoms with E-state index >= 15 is 0 Å². The Morgan fingerprint density at radius 1 is 1.31 bits per heavy atom. The van der Waals surface area contributed by atoms with Crippen molar-refractivity contribution in [3.63, 3.8) is 0 Å². The number of hydrogen-bond donors (Lipinski definition) is 1. The summed E-state index contributed by atoms with van der Waals surface area (Å²) < 4.78 is 0.821. The van der Waals surface area contributed by atoms with E-state index in [9.17, 15) is 20.0 Å². The lowest BCUT2D eigenvalue weighted by Crippen LogP contribution is -2.27. The number of aromatic hydroxyl groups is 1. The summed E-state index contributed by atoms with van der Waals surface area (Å²) in [5.74, 6) is -0.794. The fourth-order valence-electron chi connectivity index (χ4n) is 2.40. The van der Waals surface area contributed by atoms with Crippen LogP contribution >= 0.6 is 39.9 Å². The Kier molecular flexibility index (Phi) is 5.40. The molecular formula is C17H11BrN2O4S2. The quantitative estimate of drug-likeness (QED) is 0.320. The van der Waals surface area contributed by atoms with Crippen molar-refractivity contribution < 1.29 is 14.8 Å². The molecule has 1 N–H and O–H groups in total. The number of nitro groups is 1. The van der Waals surface area contributed by atoms with E-state index in [1.807, 2.05) is 30.3 Å². The molecule has 1 heterocycles. The highest BCUT2D eigenvalue weighted by molar-refractivity contribution is 9.10. The normalized spacial score (nSPS) is 15.7. The smallest absolute Gasteiger partial charge is 0.312 e. The molecule has 0 unspecified atom stereocenters. The number of nitrogens with zero attached hydrogens (tertiary/aromatic N) is 2. The van der Waals surface area contributed by atoms with Crippen molar-refractivity contribution in [2.75, 3.05) is 0 Å². The van der Waals surface area contributed by atoms with Gasteiger partial charge in [0.2, 0.25) is 5.75 Å². The molecular weight excluding hydrogens is 440 g/mol. The fourth-order valence-corrected chi connectivity index (χ4v) is 4.11. The van der Waals surface area contributed by atoms with Gasteiger partial charge >= 0.3 is 5.69 Å². The van der Waals surface area contributed by atoms with Crippen LogP contribution in [0.4, 0.5) is 5.69 Å². The van der Waals surface area contributed by atoms with Crippen LogP contribution in [0.2, 0.25) is 0 Å². The zero-order chi connectivity index (χ0) is 18.8. The van der Waals surface area contributed by atoms with Crippen molar-refractivity contribution in [3.8, 4) is 5.75 Å². The molecule has 0 bridgehead atoms. The first-order valence-corrected chi connectivity index (χ1v) is 9.35. The van der Waals surface area contributed by atoms with Gasteiger partial charge in [-0.25, -0.2) is 0 Å². The van der Waals surface area contributed by atoms with Crippen LogP contribution in [0.5, 0.6) is 5.75 Å². The van der Waals surface area contributed by atoms with Gasteiger partial charge in [-0.3, -0.25) is 19.8 Å². The molecule has 1 fully saturated rings. The summed E-state index contributed by atoms with van der Waals surface area (Å²) >= 11 is 9.56. The van der Waals surface area contributed by atoms with Crippen LogP contribution in [-0.4, -0.2) is 25.2 Å². The molecule has 6 nitrogen and oxygen atoms in total. The Labute approximate surface area is 166 Å². The van der Waals surface area contributed by atoms with Crippen molar-refractivity contribution in [2.45, 2.75) is 6.54 Å². The molecule has 1 saturated heterocycles. The van der Waals surface area contributed by atoms with Crippen LogP contribution < -0.4 is 0 Å². The van der Waals surface area contributed by atoms with E-state index in [0.29, 0.717) is 20.2 Å². The van der Waals surface area contributed by atoms with Gasteiger partial charge in [0.05, 0.1) is 16.4 Å². The van der Waals surface area contributed by atoms with Gasteiger partial charge in [-0.15, -0.1) is 0 Å². The minimum absolute atomic E-state index is 0.172. The molecule has 0 atom stereocenters. The minimum atomic E-state index is -0.682. The molecule has 132 valence electrons. The summed E-state index contributed by atoms with van der Waals surface area (Å²) in [5, 5.41) is 21.2. The lowest BCUT2D eigenvalue weighted by molar-refractivity contribution is -0.385. The molecule has 3 rings (SSSR count). The average Bonchev–Trinajstić information content (AvgIpc) is 2.86. The molecule has 2 aromatic carbocycles. The predicted molar refractivity (Wildman–Crippen MR) is 108 cm³/mol. The number of hydrogen-bond acceptors (Lipinski definition) is 6. The lowest BCUT2D eigenvalue weighted by Gasteiger charge is -2.14. The Bertz CT molecular complexity index is 947. The molecule has 1 aliphatic heterocycles. The first-order valence-electron chi connectivity index (χ1n) is 7.33. The van der Waals surface area contributed by atoms with E-state index in [-0.39, 0.29) is 11.5 Å². The lowest BCUT2D eigenvalue weighted by atomic mass is 10.1. The SMILES string of the molecule is O=C1C(=Cc2cc(Br)cc([N+](=O)[O-])c2O)SC(=S)N1Cc1ccccc1. The Morgan fingerprint density at radius 3 is 2.65 bits per heavy atom. The van der Waals surface area contributed by atoms with Crippen LogP contribution in [0.25, 0.3) is 6.08 Å². The molecule has 0 radical (unpaired) electrons. The third-order valence-corrected chi connectivity index (χ3v) is 5.46. The number of thiocarbonyl (C=S) groups is 1. The third kappa shape index (κ3) is 3.79. The van der Waals surface area contributed by atoms with E-state index in [4.69, 9.17) is 12.2 Å². The van der Waals surface area contributed by atoms with Crippen molar-refractivity contribution >= 4 is 61.9 Å². The maximum atomic E-state index is 12.7. The summed E-state index contributed by atoms with van der Waals surface area (Å²) in [6.45, 7) is 0.341. The second-order valence-electron chi connectivity index (χ2n) is 5.37. The van der Waals surface area contributed by atoms with E-state index < -0.39 is 16.4 Å². The summed E-state index contributed by atoms with van der Waals surface area (Å²) in [4.78, 5) is 24.8. The fraction of sp³-hybridized carbons (Fsp3) is 0.0588. The topological polar surface area (TPSA) is 83.7 Å². The Morgan fingerprint density at radius 2 is 2.00 bits per heavy atom. The molecule has 0 aromatic heterocycles. The van der Waals surface area contributed by atoms with E-state index in [1.165, 1.54) is 23.1 Å². The van der Waals surface area contributed by atoms with Gasteiger partial charge < -0.3 is 5.11 Å². The summed E-state index contributed by atoms with van der Waals surface area (Å²) in [6.07, 6.45) is 1.41. The van der Waals surface area contributed by atoms with Crippen molar-refractivity contribution in [1.82, 2.24) is 4.90 Å². The first kappa shape index (κ1) is 18.6. The van der Waals surface area contributed by atoms with E-state index in [1.54, 1.807) is 0 Å². The predicted octanol–water partition coefficient (Wildman–Crippen LogP) is 4.46. The second kappa shape index (κ2) is 7.56. The van der Waals surface area contributed by atoms with Gasteiger partial charge in [0, 0.05) is 16.1 Å². The van der Waals surface area contributed by atoms with Crippen molar-refractivity contribution in [3.05, 3.63) is 73.1 Å². The van der Waals surface area contributed by atoms with Crippen LogP contribution in [0, 0.1) is 10.1 Å². The molecule has 2 aromatic rings. The van der Waals surface area contributed by atoms with E-state index in [2.05, 4.69) is 15.9 Å². The standard InChI is InChI=1S/C17H11BrN2O4S2/c18-12-6-11(15(21)13(8-12)20(23)24)7-14-16(22)19(17(25)26-14)9-10-4-2-1-3-5-10/h1-8,21H,9H2. The molecule has 9 heteroatoms. The molecule has 26 heavy (non-hydrogen) atoms. The number of amides is 1. The number of rotatable bonds is 4. The zero-order valence-electron chi connectivity index (χ0n) is 13.1. The first-order chi connectivity index (χ1) is 12.4. The molecule has 0 aliphatic carbocycles. The molecule has 0 saturated carbocycles. The van der Waals surface area contributed by atoms with Crippen LogP contribution in [0.3, 0.4) is 0 Å². The number of carbonyl (C=O) groups excluding carboxylic acids is 1. The van der Waals surface area contributed by atoms with Gasteiger partial charge in [-0.1, -0.05) is 70.2 Å². The number of carbonyl (C=O) groups is 1. The monoisotopic (exact) mass is 450 g/mol. The number of nitro benzene ring substituents is 1. The van der Waals surface area contributed by atoms with Crippen molar-refractivity contribution in [1.29, 1.82) is 0 Å². The average molecular weight is 451 g/mol. The second-order valence-corrected chi connectivity index (χ2v) is 7.96. The largest absolute Gasteiger partial charge is 0.502 e. The van der Waals surface area contributed by atoms with Gasteiger partial charge in [0.15, 0.2) is 0 Å². The molecule has 1 aliphatic rings.